The summed E-state index contributed by atoms with van der Waals surface area (Å²) in [5.41, 5.74) is 8.77. The number of hydrogen-bond acceptors (Lipinski definition) is 18. The Labute approximate surface area is 456 Å². The first-order chi connectivity index (χ1) is 38.1. The van der Waals surface area contributed by atoms with Crippen molar-refractivity contribution in [1.82, 2.24) is 4.90 Å². The number of nitrogens with two attached hydrogens (primary N) is 1. The number of amides is 1. The Kier molecular flexibility index (Phi) is 33.4. The molecule has 0 saturated carbocycles. The van der Waals surface area contributed by atoms with Crippen LogP contribution in [-0.2, 0) is 57.0 Å². The number of amidine groups is 2. The Morgan fingerprint density at radius 3 is 1.77 bits per heavy atom. The number of benzene rings is 2. The van der Waals surface area contributed by atoms with Crippen LogP contribution < -0.4 is 15.8 Å². The minimum Gasteiger partial charge on any atom is -0.420 e. The third-order valence-electron chi connectivity index (χ3n) is 10.5. The molecule has 428 valence electrons. The van der Waals surface area contributed by atoms with Gasteiger partial charge >= 0.3 is 5.97 Å². The van der Waals surface area contributed by atoms with Gasteiger partial charge in [-0.05, 0) is 48.6 Å². The second kappa shape index (κ2) is 40.3. The standard InChI is InChI=1S/C54H70F4N6O13S/c1-2-13-64(54(66)42-37-47-46(11-35-78-47)63-48(60)38-42)14-4-3-12-61-49(62-43-8-5-7-41(36-43)40-59)9-6-15-67-17-19-69-21-23-71-25-27-73-29-31-75-33-34-76-32-30-74-28-26-72-24-22-70-20-18-68-16-10-50(65)77-53-51(57)44(55)39-45(56)52(53)58/h5,7-8,11,35-37,39H,2,6,9-10,12-34,38H2,1H3,(H2,60,63)(H,61,62). The molecule has 0 spiro atoms. The van der Waals surface area contributed by atoms with E-state index in [2.05, 4.69) is 33.0 Å². The zero-order chi connectivity index (χ0) is 55.8. The summed E-state index contributed by atoms with van der Waals surface area (Å²) < 4.78 is 113. The van der Waals surface area contributed by atoms with Gasteiger partial charge in [0, 0.05) is 43.3 Å². The minimum absolute atomic E-state index is 0.0152. The summed E-state index contributed by atoms with van der Waals surface area (Å²) in [5, 5.41) is 14.6. The number of nitrogens with zero attached hydrogens (tertiary/aromatic N) is 4. The van der Waals surface area contributed by atoms with Gasteiger partial charge in [-0.3, -0.25) is 14.6 Å². The number of nitrogens with one attached hydrogen (secondary N) is 1. The smallest absolute Gasteiger partial charge is 0.313 e. The molecule has 24 heteroatoms. The Morgan fingerprint density at radius 1 is 0.718 bits per heavy atom. The lowest BCUT2D eigenvalue weighted by atomic mass is 10.1. The van der Waals surface area contributed by atoms with Crippen LogP contribution in [0.2, 0.25) is 0 Å². The molecule has 2 aromatic carbocycles. The van der Waals surface area contributed by atoms with Gasteiger partial charge in [-0.1, -0.05) is 24.8 Å². The van der Waals surface area contributed by atoms with Crippen molar-refractivity contribution in [2.45, 2.75) is 39.0 Å². The number of ether oxygens (including phenoxy) is 11. The number of anilines is 1. The highest BCUT2D eigenvalue weighted by atomic mass is 32.1. The van der Waals surface area contributed by atoms with Crippen molar-refractivity contribution in [2.24, 2.45) is 15.7 Å². The summed E-state index contributed by atoms with van der Waals surface area (Å²) in [5.74, 6) is -2.32. The number of halogens is 4. The van der Waals surface area contributed by atoms with E-state index in [0.29, 0.717) is 148 Å². The third kappa shape index (κ3) is 27.1. The Hall–Kier alpha value is -5.87. The van der Waals surface area contributed by atoms with Gasteiger partial charge in [0.1, 0.15) is 18.2 Å². The van der Waals surface area contributed by atoms with E-state index in [1.54, 1.807) is 17.0 Å². The molecular weight excluding hydrogens is 1050 g/mol. The van der Waals surface area contributed by atoms with Crippen LogP contribution in [0.5, 0.6) is 5.75 Å². The van der Waals surface area contributed by atoms with Crippen LogP contribution in [0, 0.1) is 46.4 Å². The first-order valence-corrected chi connectivity index (χ1v) is 26.4. The molecule has 0 unspecified atom stereocenters. The number of hydrogen-bond donors (Lipinski definition) is 2. The van der Waals surface area contributed by atoms with E-state index in [-0.39, 0.29) is 57.9 Å². The first-order valence-electron chi connectivity index (χ1n) is 25.6. The van der Waals surface area contributed by atoms with Gasteiger partial charge in [0.2, 0.25) is 17.4 Å². The van der Waals surface area contributed by atoms with Gasteiger partial charge in [0.15, 0.2) is 11.6 Å². The summed E-state index contributed by atoms with van der Waals surface area (Å²) in [6.07, 6.45) is 3.81. The number of carbonyl (C=O) groups is 2. The summed E-state index contributed by atoms with van der Waals surface area (Å²) in [6, 6.07) is 11.2. The van der Waals surface area contributed by atoms with Crippen LogP contribution in [0.3, 0.4) is 0 Å². The minimum atomic E-state index is -1.80. The molecule has 3 aromatic rings. The number of aliphatic imine (C=N–C) groups is 2. The number of rotatable bonds is 41. The molecule has 0 saturated heterocycles. The fraction of sp³-hybridized carbons (Fsp3) is 0.537. The molecule has 0 bridgehead atoms. The highest BCUT2D eigenvalue weighted by Crippen LogP contribution is 2.31. The van der Waals surface area contributed by atoms with E-state index >= 15 is 0 Å². The molecule has 0 radical (unpaired) electrons. The van der Waals surface area contributed by atoms with Crippen molar-refractivity contribution in [3.05, 3.63) is 81.1 Å². The third-order valence-corrected chi connectivity index (χ3v) is 11.3. The average Bonchev–Trinajstić information content (AvgIpc) is 3.80. The van der Waals surface area contributed by atoms with Gasteiger partial charge in [-0.2, -0.15) is 14.0 Å². The molecule has 1 aromatic heterocycles. The summed E-state index contributed by atoms with van der Waals surface area (Å²) in [4.78, 5) is 37.1. The number of nitriles is 1. The van der Waals surface area contributed by atoms with Crippen molar-refractivity contribution in [1.29, 1.82) is 5.26 Å². The maximum Gasteiger partial charge on any atom is 0.313 e. The number of fused-ring (bicyclic) bond motifs is 1. The molecule has 3 N–H and O–H groups in total. The van der Waals surface area contributed by atoms with Crippen LogP contribution in [-0.4, -0.2) is 180 Å². The van der Waals surface area contributed by atoms with Gasteiger partial charge in [0.05, 0.1) is 161 Å². The Balaban J connectivity index is 0.901. The summed E-state index contributed by atoms with van der Waals surface area (Å²) >= 11 is 1.52. The van der Waals surface area contributed by atoms with Crippen LogP contribution in [0.4, 0.5) is 28.9 Å². The molecule has 78 heavy (non-hydrogen) atoms. The Bertz CT molecular complexity index is 2420. The van der Waals surface area contributed by atoms with Gasteiger partial charge in [-0.15, -0.1) is 11.3 Å². The van der Waals surface area contributed by atoms with E-state index in [1.807, 2.05) is 36.6 Å². The predicted octanol–water partition coefficient (Wildman–Crippen LogP) is 6.65. The van der Waals surface area contributed by atoms with E-state index < -0.39 is 41.4 Å². The van der Waals surface area contributed by atoms with E-state index in [9.17, 15) is 32.4 Å². The maximum absolute atomic E-state index is 13.6. The van der Waals surface area contributed by atoms with Crippen LogP contribution in [0.25, 0.3) is 6.08 Å². The number of carbonyl (C=O) groups excluding carboxylic acids is 2. The van der Waals surface area contributed by atoms with Crippen molar-refractivity contribution >= 4 is 52.3 Å². The Morgan fingerprint density at radius 2 is 1.24 bits per heavy atom. The predicted molar refractivity (Wildman–Crippen MR) is 284 cm³/mol. The molecular formula is C54H70F4N6O13S. The maximum atomic E-state index is 13.6. The van der Waals surface area contributed by atoms with Gasteiger partial charge in [0.25, 0.3) is 5.91 Å². The molecule has 0 atom stereocenters. The average molecular weight is 1120 g/mol. The normalized spacial score (nSPS) is 12.2. The van der Waals surface area contributed by atoms with Gasteiger partial charge < -0.3 is 68.1 Å². The zero-order valence-corrected chi connectivity index (χ0v) is 44.8. The number of esters is 1. The highest BCUT2D eigenvalue weighted by Gasteiger charge is 2.24. The molecule has 4 rings (SSSR count). The molecule has 1 amide bonds. The van der Waals surface area contributed by atoms with Crippen molar-refractivity contribution in [2.75, 3.05) is 157 Å². The summed E-state index contributed by atoms with van der Waals surface area (Å²) in [7, 11) is 0. The first kappa shape index (κ1) is 64.7. The van der Waals surface area contributed by atoms with Crippen molar-refractivity contribution in [3.63, 3.8) is 0 Å². The quantitative estimate of drug-likeness (QED) is 0.00887. The monoisotopic (exact) mass is 1120 g/mol. The van der Waals surface area contributed by atoms with Crippen molar-refractivity contribution in [3.8, 4) is 23.7 Å². The van der Waals surface area contributed by atoms with E-state index in [4.69, 9.17) is 58.1 Å². The second-order valence-electron chi connectivity index (χ2n) is 16.5. The molecule has 2 heterocycles. The van der Waals surface area contributed by atoms with Crippen LogP contribution in [0.15, 0.2) is 57.3 Å². The summed E-state index contributed by atoms with van der Waals surface area (Å²) in [6.45, 7) is 10.0. The topological polar surface area (TPSA) is 225 Å². The SMILES string of the molecule is CCCN(CC#CCN=C(CCCOCCOCCOCCOCCOCCOCCOCCOCCOCCOCCC(=O)Oc1c(F)c(F)cc(F)c1F)Nc1cccc(C#N)c1)C(=O)C1=Cc2sccc2N=C(N)C1. The lowest BCUT2D eigenvalue weighted by molar-refractivity contribution is -0.136. The lowest BCUT2D eigenvalue weighted by Crippen LogP contribution is -2.34. The molecule has 1 aliphatic heterocycles. The molecule has 0 fully saturated rings. The molecule has 19 nitrogen and oxygen atoms in total. The molecule has 1 aliphatic rings. The van der Waals surface area contributed by atoms with E-state index in [1.165, 1.54) is 11.3 Å². The zero-order valence-electron chi connectivity index (χ0n) is 44.0. The fourth-order valence-electron chi connectivity index (χ4n) is 6.72. The van der Waals surface area contributed by atoms with Crippen molar-refractivity contribution < 1.29 is 79.3 Å². The van der Waals surface area contributed by atoms with E-state index in [0.717, 1.165) is 22.7 Å². The van der Waals surface area contributed by atoms with Gasteiger partial charge in [-0.25, -0.2) is 13.8 Å². The van der Waals surface area contributed by atoms with Crippen LogP contribution >= 0.6 is 11.3 Å². The van der Waals surface area contributed by atoms with Crippen LogP contribution in [0.1, 0.15) is 49.5 Å². The number of thiophene rings is 1. The fourth-order valence-corrected chi connectivity index (χ4v) is 7.50. The molecule has 0 aliphatic carbocycles. The largest absolute Gasteiger partial charge is 0.420 e. The highest BCUT2D eigenvalue weighted by molar-refractivity contribution is 7.11. The lowest BCUT2D eigenvalue weighted by Gasteiger charge is -2.21. The second-order valence-corrected chi connectivity index (χ2v) is 17.5.